The third-order valence-corrected chi connectivity index (χ3v) is 4.25. The number of rotatable bonds is 3. The molecule has 1 aromatic heterocycles. The van der Waals surface area contributed by atoms with E-state index in [1.165, 1.54) is 36.0 Å². The number of hydrogen-bond acceptors (Lipinski definition) is 3. The minimum absolute atomic E-state index is 0.446. The van der Waals surface area contributed by atoms with Crippen molar-refractivity contribution in [3.05, 3.63) is 47.8 Å². The van der Waals surface area contributed by atoms with Crippen molar-refractivity contribution >= 4 is 11.9 Å². The minimum Gasteiger partial charge on any atom is -0.382 e. The fourth-order valence-corrected chi connectivity index (χ4v) is 2.85. The molecule has 1 fully saturated rings. The number of anilines is 1. The van der Waals surface area contributed by atoms with Gasteiger partial charge in [-0.1, -0.05) is 31.2 Å². The first kappa shape index (κ1) is 12.9. The topological polar surface area (TPSA) is 51.8 Å². The first-order valence-electron chi connectivity index (χ1n) is 7.04. The lowest BCUT2D eigenvalue weighted by Crippen LogP contribution is -2.11. The van der Waals surface area contributed by atoms with Gasteiger partial charge in [0.1, 0.15) is 5.82 Å². The maximum Gasteiger partial charge on any atom is 0.141 e. The molecule has 0 saturated heterocycles. The van der Waals surface area contributed by atoms with Crippen molar-refractivity contribution in [2.45, 2.75) is 32.1 Å². The van der Waals surface area contributed by atoms with E-state index in [4.69, 9.17) is 5.73 Å². The molecule has 1 aromatic carbocycles. The van der Waals surface area contributed by atoms with Crippen LogP contribution in [0.2, 0.25) is 0 Å². The fraction of sp³-hybridized carbons (Fsp3) is 0.294. The van der Waals surface area contributed by atoms with E-state index < -0.39 is 0 Å². The third kappa shape index (κ3) is 2.09. The van der Waals surface area contributed by atoms with Crippen LogP contribution in [0, 0.1) is 6.92 Å². The number of nitrogens with zero attached hydrogens (tertiary/aromatic N) is 2. The second-order valence-corrected chi connectivity index (χ2v) is 5.40. The van der Waals surface area contributed by atoms with Crippen LogP contribution in [-0.2, 0) is 0 Å². The summed E-state index contributed by atoms with van der Waals surface area (Å²) in [6.07, 6.45) is 9.22. The summed E-state index contributed by atoms with van der Waals surface area (Å²) in [6, 6.07) is 4.37. The Morgan fingerprint density at radius 1 is 1.25 bits per heavy atom. The summed E-state index contributed by atoms with van der Waals surface area (Å²) in [5.41, 5.74) is 11.5. The van der Waals surface area contributed by atoms with E-state index in [1.54, 1.807) is 12.4 Å². The Balaban J connectivity index is 2.08. The molecule has 1 heterocycles. The Morgan fingerprint density at radius 2 is 2.05 bits per heavy atom. The molecule has 20 heavy (non-hydrogen) atoms. The standard InChI is InChI=1S/C17H19N3/c1-3-13-11(2)14(16-9-20-17(18)10-19-16)7-8-15(13)12-5-4-6-12/h3,7-10,12H,1,4-6H2,2H3,(H2,18,20). The van der Waals surface area contributed by atoms with E-state index in [1.807, 2.05) is 6.08 Å². The number of benzene rings is 1. The predicted octanol–water partition coefficient (Wildman–Crippen LogP) is 3.94. The van der Waals surface area contributed by atoms with Crippen LogP contribution in [0.4, 0.5) is 5.82 Å². The number of hydrogen-bond donors (Lipinski definition) is 1. The average molecular weight is 265 g/mol. The van der Waals surface area contributed by atoms with Gasteiger partial charge in [0.05, 0.1) is 18.1 Å². The predicted molar refractivity (Wildman–Crippen MR) is 83.3 cm³/mol. The summed E-state index contributed by atoms with van der Waals surface area (Å²) in [7, 11) is 0. The molecule has 3 heteroatoms. The monoisotopic (exact) mass is 265 g/mol. The van der Waals surface area contributed by atoms with Crippen LogP contribution in [0.15, 0.2) is 31.1 Å². The summed E-state index contributed by atoms with van der Waals surface area (Å²) >= 11 is 0. The lowest BCUT2D eigenvalue weighted by molar-refractivity contribution is 0.419. The van der Waals surface area contributed by atoms with Crippen molar-refractivity contribution in [1.82, 2.24) is 9.97 Å². The maximum atomic E-state index is 5.60. The van der Waals surface area contributed by atoms with Gasteiger partial charge in [0.15, 0.2) is 0 Å². The normalized spacial score (nSPS) is 14.8. The molecule has 0 atom stereocenters. The van der Waals surface area contributed by atoms with Crippen molar-refractivity contribution in [3.8, 4) is 11.3 Å². The molecule has 0 unspecified atom stereocenters. The molecule has 0 amide bonds. The van der Waals surface area contributed by atoms with E-state index in [0.717, 1.165) is 11.3 Å². The van der Waals surface area contributed by atoms with Gasteiger partial charge in [0.2, 0.25) is 0 Å². The largest absolute Gasteiger partial charge is 0.382 e. The first-order chi connectivity index (χ1) is 9.70. The number of nitrogens with two attached hydrogens (primary N) is 1. The second-order valence-electron chi connectivity index (χ2n) is 5.40. The van der Waals surface area contributed by atoms with Gasteiger partial charge < -0.3 is 5.73 Å². The van der Waals surface area contributed by atoms with Crippen molar-refractivity contribution in [3.63, 3.8) is 0 Å². The minimum atomic E-state index is 0.446. The highest BCUT2D eigenvalue weighted by Crippen LogP contribution is 2.40. The SMILES string of the molecule is C=Cc1c(C2CCC2)ccc(-c2cnc(N)cn2)c1C. The summed E-state index contributed by atoms with van der Waals surface area (Å²) in [5, 5.41) is 0. The van der Waals surface area contributed by atoms with Crippen LogP contribution in [0.25, 0.3) is 17.3 Å². The lowest BCUT2D eigenvalue weighted by Gasteiger charge is -2.28. The molecule has 0 radical (unpaired) electrons. The van der Waals surface area contributed by atoms with Crippen LogP contribution in [0.1, 0.15) is 41.9 Å². The third-order valence-electron chi connectivity index (χ3n) is 4.25. The van der Waals surface area contributed by atoms with Gasteiger partial charge in [-0.05, 0) is 42.4 Å². The van der Waals surface area contributed by atoms with Crippen LogP contribution >= 0.6 is 0 Å². The average Bonchev–Trinajstić information content (AvgIpc) is 2.39. The van der Waals surface area contributed by atoms with Crippen LogP contribution in [-0.4, -0.2) is 9.97 Å². The lowest BCUT2D eigenvalue weighted by atomic mass is 9.76. The number of aromatic nitrogens is 2. The molecule has 2 N–H and O–H groups in total. The molecule has 0 bridgehead atoms. The van der Waals surface area contributed by atoms with Crippen molar-refractivity contribution in [1.29, 1.82) is 0 Å². The van der Waals surface area contributed by atoms with Gasteiger partial charge >= 0.3 is 0 Å². The van der Waals surface area contributed by atoms with Gasteiger partial charge in [-0.2, -0.15) is 0 Å². The van der Waals surface area contributed by atoms with Gasteiger partial charge in [-0.25, -0.2) is 4.98 Å². The molecule has 102 valence electrons. The van der Waals surface area contributed by atoms with E-state index in [-0.39, 0.29) is 0 Å². The molecule has 1 saturated carbocycles. The summed E-state index contributed by atoms with van der Waals surface area (Å²) in [5.74, 6) is 1.15. The van der Waals surface area contributed by atoms with E-state index in [9.17, 15) is 0 Å². The summed E-state index contributed by atoms with van der Waals surface area (Å²) in [4.78, 5) is 8.50. The van der Waals surface area contributed by atoms with Crippen LogP contribution < -0.4 is 5.73 Å². The quantitative estimate of drug-likeness (QED) is 0.914. The highest BCUT2D eigenvalue weighted by Gasteiger charge is 2.23. The first-order valence-corrected chi connectivity index (χ1v) is 7.04. The molecular weight excluding hydrogens is 246 g/mol. The van der Waals surface area contributed by atoms with Crippen LogP contribution in [0.3, 0.4) is 0 Å². The van der Waals surface area contributed by atoms with E-state index in [2.05, 4.69) is 35.6 Å². The molecule has 0 spiro atoms. The molecule has 3 nitrogen and oxygen atoms in total. The molecule has 0 aliphatic heterocycles. The van der Waals surface area contributed by atoms with E-state index in [0.29, 0.717) is 11.7 Å². The zero-order chi connectivity index (χ0) is 14.1. The second kappa shape index (κ2) is 5.08. The zero-order valence-corrected chi connectivity index (χ0v) is 11.8. The maximum absolute atomic E-state index is 5.60. The Bertz CT molecular complexity index is 640. The van der Waals surface area contributed by atoms with E-state index >= 15 is 0 Å². The fourth-order valence-electron chi connectivity index (χ4n) is 2.85. The molecule has 2 aromatic rings. The van der Waals surface area contributed by atoms with Gasteiger partial charge in [0, 0.05) is 5.56 Å². The molecule has 3 rings (SSSR count). The molecular formula is C17H19N3. The highest BCUT2D eigenvalue weighted by atomic mass is 14.9. The van der Waals surface area contributed by atoms with Crippen LogP contribution in [0.5, 0.6) is 0 Å². The van der Waals surface area contributed by atoms with Crippen molar-refractivity contribution in [2.24, 2.45) is 0 Å². The Hall–Kier alpha value is -2.16. The molecule has 1 aliphatic carbocycles. The number of nitrogen functional groups attached to an aromatic ring is 1. The van der Waals surface area contributed by atoms with Crippen molar-refractivity contribution < 1.29 is 0 Å². The smallest absolute Gasteiger partial charge is 0.141 e. The molecule has 1 aliphatic rings. The Labute approximate surface area is 119 Å². The zero-order valence-electron chi connectivity index (χ0n) is 11.8. The summed E-state index contributed by atoms with van der Waals surface area (Å²) in [6.45, 7) is 6.12. The summed E-state index contributed by atoms with van der Waals surface area (Å²) < 4.78 is 0. The van der Waals surface area contributed by atoms with Crippen molar-refractivity contribution in [2.75, 3.05) is 5.73 Å². The van der Waals surface area contributed by atoms with Gasteiger partial charge in [0.25, 0.3) is 0 Å². The Morgan fingerprint density at radius 3 is 2.60 bits per heavy atom. The Kier molecular flexibility index (Phi) is 3.26. The highest BCUT2D eigenvalue weighted by molar-refractivity contribution is 5.71. The van der Waals surface area contributed by atoms with Gasteiger partial charge in [-0.15, -0.1) is 0 Å². The van der Waals surface area contributed by atoms with Gasteiger partial charge in [-0.3, -0.25) is 4.98 Å².